The van der Waals surface area contributed by atoms with Crippen molar-refractivity contribution < 1.29 is 30.0 Å². The number of aliphatic carboxylic acids is 2. The maximum atomic E-state index is 11.5. The van der Waals surface area contributed by atoms with Gasteiger partial charge in [0.25, 0.3) is 0 Å². The Bertz CT molecular complexity index is 807. The maximum Gasteiger partial charge on any atom is 0.327 e. The quantitative estimate of drug-likeness (QED) is 0.397. The molecule has 0 radical (unpaired) electrons. The molecule has 0 amide bonds. The molecular formula is C18H22N2O6S2. The van der Waals surface area contributed by atoms with Gasteiger partial charge in [0.2, 0.25) is 0 Å². The lowest BCUT2D eigenvalue weighted by molar-refractivity contribution is -0.140. The van der Waals surface area contributed by atoms with Gasteiger partial charge in [0.15, 0.2) is 11.8 Å². The van der Waals surface area contributed by atoms with E-state index in [4.69, 9.17) is 0 Å². The molecule has 28 heavy (non-hydrogen) atoms. The molecule has 8 nitrogen and oxygen atoms in total. The predicted octanol–water partition coefficient (Wildman–Crippen LogP) is 3.72. The van der Waals surface area contributed by atoms with Crippen LogP contribution in [0.2, 0.25) is 0 Å². The highest BCUT2D eigenvalue weighted by atomic mass is 33.1. The van der Waals surface area contributed by atoms with Crippen LogP contribution in [-0.2, 0) is 9.59 Å². The van der Waals surface area contributed by atoms with E-state index in [0.29, 0.717) is 17.1 Å². The Morgan fingerprint density at radius 1 is 1.11 bits per heavy atom. The summed E-state index contributed by atoms with van der Waals surface area (Å²) in [7, 11) is 2.40. The molecule has 0 aliphatic rings. The third-order valence-corrected chi connectivity index (χ3v) is 6.33. The summed E-state index contributed by atoms with van der Waals surface area (Å²) in [6, 6.07) is 6.41. The third-order valence-electron chi connectivity index (χ3n) is 4.09. The van der Waals surface area contributed by atoms with E-state index in [2.05, 4.69) is 4.98 Å². The average Bonchev–Trinajstić information content (AvgIpc) is 2.97. The number of hydrogen-bond donors (Lipinski definition) is 4. The Morgan fingerprint density at radius 3 is 2.36 bits per heavy atom. The molecule has 0 saturated carbocycles. The summed E-state index contributed by atoms with van der Waals surface area (Å²) in [5, 5.41) is 38.9. The van der Waals surface area contributed by atoms with E-state index in [0.717, 1.165) is 17.4 Å². The zero-order valence-electron chi connectivity index (χ0n) is 15.2. The van der Waals surface area contributed by atoms with Gasteiger partial charge in [-0.2, -0.15) is 0 Å². The smallest absolute Gasteiger partial charge is 0.327 e. The summed E-state index contributed by atoms with van der Waals surface area (Å²) in [6.45, 7) is 1.99. The fraction of sp³-hybridized carbons (Fsp3) is 0.389. The first kappa shape index (κ1) is 22.0. The molecule has 2 heterocycles. The number of pyridine rings is 1. The molecule has 0 aliphatic heterocycles. The van der Waals surface area contributed by atoms with Crippen molar-refractivity contribution in [2.24, 2.45) is 0 Å². The lowest BCUT2D eigenvalue weighted by atomic mass is 9.98. The van der Waals surface area contributed by atoms with Gasteiger partial charge in [0.05, 0.1) is 11.6 Å². The van der Waals surface area contributed by atoms with Crippen LogP contribution in [-0.4, -0.2) is 47.7 Å². The van der Waals surface area contributed by atoms with Crippen molar-refractivity contribution in [1.82, 2.24) is 9.55 Å². The second-order valence-electron chi connectivity index (χ2n) is 6.08. The van der Waals surface area contributed by atoms with E-state index in [-0.39, 0.29) is 17.5 Å². The zero-order valence-corrected chi connectivity index (χ0v) is 16.8. The standard InChI is InChI=1S/C18H22N2O6S2/c1-2-3-5-11(17(23)24)12-6-4-7-14(19-12)28-27-10-13(18(25)26)20-15(21)8-9-16(20)22/h4,6-9,11,13,21-22H,2-3,5,10H2,1H3,(H,23,24)(H,25,26). The topological polar surface area (TPSA) is 133 Å². The summed E-state index contributed by atoms with van der Waals surface area (Å²) >= 11 is 0. The summed E-state index contributed by atoms with van der Waals surface area (Å²) in [6.07, 6.45) is 2.19. The molecule has 2 rings (SSSR count). The number of nitrogens with zero attached hydrogens (tertiary/aromatic N) is 2. The number of unbranched alkanes of at least 4 members (excludes halogenated alkanes) is 1. The van der Waals surface area contributed by atoms with Crippen molar-refractivity contribution in [1.29, 1.82) is 0 Å². The number of hydrogen-bond acceptors (Lipinski definition) is 7. The second-order valence-corrected chi connectivity index (χ2v) is 8.44. The molecular weight excluding hydrogens is 404 g/mol. The van der Waals surface area contributed by atoms with Crippen molar-refractivity contribution >= 4 is 33.5 Å². The van der Waals surface area contributed by atoms with Crippen molar-refractivity contribution in [3.05, 3.63) is 36.0 Å². The molecule has 2 atom stereocenters. The van der Waals surface area contributed by atoms with Gasteiger partial charge in [-0.25, -0.2) is 9.78 Å². The third kappa shape index (κ3) is 5.59. The summed E-state index contributed by atoms with van der Waals surface area (Å²) in [5.74, 6) is -3.40. The van der Waals surface area contributed by atoms with Crippen LogP contribution in [0.25, 0.3) is 0 Å². The number of rotatable bonds is 11. The van der Waals surface area contributed by atoms with E-state index in [9.17, 15) is 30.0 Å². The average molecular weight is 427 g/mol. The number of aromatic hydroxyl groups is 2. The van der Waals surface area contributed by atoms with E-state index >= 15 is 0 Å². The number of carbonyl (C=O) groups is 2. The largest absolute Gasteiger partial charge is 0.494 e. The Morgan fingerprint density at radius 2 is 1.79 bits per heavy atom. The Hall–Kier alpha value is -2.33. The molecule has 2 unspecified atom stereocenters. The normalized spacial score (nSPS) is 13.2. The zero-order chi connectivity index (χ0) is 20.7. The molecule has 0 spiro atoms. The van der Waals surface area contributed by atoms with E-state index in [1.54, 1.807) is 18.2 Å². The predicted molar refractivity (Wildman–Crippen MR) is 107 cm³/mol. The fourth-order valence-corrected chi connectivity index (χ4v) is 4.76. The van der Waals surface area contributed by atoms with Gasteiger partial charge in [0.1, 0.15) is 11.1 Å². The van der Waals surface area contributed by atoms with Crippen LogP contribution in [0.3, 0.4) is 0 Å². The van der Waals surface area contributed by atoms with Crippen LogP contribution in [0, 0.1) is 0 Å². The molecule has 0 aromatic carbocycles. The molecule has 2 aromatic rings. The van der Waals surface area contributed by atoms with Crippen LogP contribution in [0.5, 0.6) is 11.8 Å². The van der Waals surface area contributed by atoms with Crippen molar-refractivity contribution in [3.8, 4) is 11.8 Å². The van der Waals surface area contributed by atoms with Crippen molar-refractivity contribution in [3.63, 3.8) is 0 Å². The van der Waals surface area contributed by atoms with Gasteiger partial charge < -0.3 is 20.4 Å². The van der Waals surface area contributed by atoms with Gasteiger partial charge in [-0.3, -0.25) is 9.36 Å². The molecule has 4 N–H and O–H groups in total. The van der Waals surface area contributed by atoms with Crippen molar-refractivity contribution in [2.45, 2.75) is 43.2 Å². The summed E-state index contributed by atoms with van der Waals surface area (Å²) < 4.78 is 0.935. The molecule has 2 aromatic heterocycles. The minimum Gasteiger partial charge on any atom is -0.494 e. The van der Waals surface area contributed by atoms with Crippen molar-refractivity contribution in [2.75, 3.05) is 5.75 Å². The van der Waals surface area contributed by atoms with Gasteiger partial charge in [-0.1, -0.05) is 36.6 Å². The number of aromatic nitrogens is 2. The highest BCUT2D eigenvalue weighted by molar-refractivity contribution is 8.76. The summed E-state index contributed by atoms with van der Waals surface area (Å²) in [4.78, 5) is 27.4. The second kappa shape index (κ2) is 10.3. The number of carboxylic acids is 2. The Balaban J connectivity index is 2.06. The minimum absolute atomic E-state index is 0.0555. The van der Waals surface area contributed by atoms with Crippen LogP contribution in [0.1, 0.15) is 43.8 Å². The lowest BCUT2D eigenvalue weighted by Gasteiger charge is -2.16. The van der Waals surface area contributed by atoms with Crippen LogP contribution in [0.15, 0.2) is 35.4 Å². The minimum atomic E-state index is -1.19. The lowest BCUT2D eigenvalue weighted by Crippen LogP contribution is -2.20. The molecule has 0 fully saturated rings. The van der Waals surface area contributed by atoms with Crippen LogP contribution in [0.4, 0.5) is 0 Å². The first-order valence-electron chi connectivity index (χ1n) is 8.66. The highest BCUT2D eigenvalue weighted by Gasteiger charge is 2.25. The fourth-order valence-electron chi connectivity index (χ4n) is 2.64. The Labute approximate surface area is 170 Å². The monoisotopic (exact) mass is 426 g/mol. The first-order chi connectivity index (χ1) is 13.3. The van der Waals surface area contributed by atoms with Gasteiger partial charge in [-0.15, -0.1) is 0 Å². The van der Waals surface area contributed by atoms with E-state index in [1.165, 1.54) is 33.7 Å². The van der Waals surface area contributed by atoms with Gasteiger partial charge in [0, 0.05) is 17.9 Å². The molecule has 10 heteroatoms. The van der Waals surface area contributed by atoms with Gasteiger partial charge >= 0.3 is 11.9 Å². The van der Waals surface area contributed by atoms with E-state index < -0.39 is 23.9 Å². The van der Waals surface area contributed by atoms with Crippen LogP contribution < -0.4 is 0 Å². The molecule has 152 valence electrons. The SMILES string of the molecule is CCCCC(C(=O)O)c1cccc(SSCC(C(=O)O)n2c(O)ccc2O)n1. The number of carboxylic acid groups (broad SMARTS) is 2. The Kier molecular flexibility index (Phi) is 8.06. The van der Waals surface area contributed by atoms with E-state index in [1.807, 2.05) is 6.92 Å². The molecule has 0 saturated heterocycles. The summed E-state index contributed by atoms with van der Waals surface area (Å²) in [5.41, 5.74) is 0.474. The van der Waals surface area contributed by atoms with Crippen LogP contribution >= 0.6 is 21.6 Å². The highest BCUT2D eigenvalue weighted by Crippen LogP contribution is 2.36. The van der Waals surface area contributed by atoms with Gasteiger partial charge in [-0.05, 0) is 29.3 Å². The molecule has 0 bridgehead atoms. The maximum absolute atomic E-state index is 11.5. The first-order valence-corrected chi connectivity index (χ1v) is 11.0. The molecule has 0 aliphatic carbocycles.